The average molecular weight is 217 g/mol. The van der Waals surface area contributed by atoms with Gasteiger partial charge in [0.1, 0.15) is 18.1 Å². The summed E-state index contributed by atoms with van der Waals surface area (Å²) in [7, 11) is 0. The highest BCUT2D eigenvalue weighted by atomic mass is 16.5. The van der Waals surface area contributed by atoms with Gasteiger partial charge in [0.05, 0.1) is 6.26 Å². The molecule has 1 aromatic carbocycles. The smallest absolute Gasteiger partial charge is 0.146 e. The summed E-state index contributed by atoms with van der Waals surface area (Å²) in [4.78, 5) is 0. The highest BCUT2D eigenvalue weighted by Gasteiger charge is 2.01. The lowest BCUT2D eigenvalue weighted by Gasteiger charge is -2.07. The molecule has 0 aliphatic rings. The summed E-state index contributed by atoms with van der Waals surface area (Å²) < 4.78 is 10.8. The third-order valence-electron chi connectivity index (χ3n) is 2.50. The van der Waals surface area contributed by atoms with E-state index in [4.69, 9.17) is 14.9 Å². The van der Waals surface area contributed by atoms with E-state index in [0.717, 1.165) is 22.6 Å². The van der Waals surface area contributed by atoms with Crippen LogP contribution in [0, 0.1) is 6.92 Å². The van der Waals surface area contributed by atoms with Crippen molar-refractivity contribution >= 4 is 0 Å². The molecule has 0 atom stereocenters. The van der Waals surface area contributed by atoms with E-state index in [1.54, 1.807) is 6.26 Å². The van der Waals surface area contributed by atoms with Gasteiger partial charge in [-0.3, -0.25) is 0 Å². The second-order valence-electron chi connectivity index (χ2n) is 3.66. The third kappa shape index (κ3) is 2.44. The van der Waals surface area contributed by atoms with Crippen LogP contribution in [-0.2, 0) is 13.2 Å². The summed E-state index contributed by atoms with van der Waals surface area (Å²) in [6.07, 6.45) is 1.64. The zero-order valence-corrected chi connectivity index (χ0v) is 9.27. The molecule has 0 saturated carbocycles. The van der Waals surface area contributed by atoms with Gasteiger partial charge in [0.25, 0.3) is 0 Å². The van der Waals surface area contributed by atoms with Crippen molar-refractivity contribution in [3.63, 3.8) is 0 Å². The van der Waals surface area contributed by atoms with Crippen molar-refractivity contribution in [2.75, 3.05) is 0 Å². The van der Waals surface area contributed by atoms with E-state index in [-0.39, 0.29) is 0 Å². The number of furan rings is 1. The van der Waals surface area contributed by atoms with Gasteiger partial charge < -0.3 is 14.9 Å². The average Bonchev–Trinajstić information content (AvgIpc) is 2.79. The van der Waals surface area contributed by atoms with Gasteiger partial charge in [0.15, 0.2) is 0 Å². The van der Waals surface area contributed by atoms with Crippen molar-refractivity contribution in [2.24, 2.45) is 5.73 Å². The van der Waals surface area contributed by atoms with Gasteiger partial charge in [-0.1, -0.05) is 6.07 Å². The Labute approximate surface area is 94.8 Å². The highest BCUT2D eigenvalue weighted by molar-refractivity contribution is 5.34. The topological polar surface area (TPSA) is 48.4 Å². The van der Waals surface area contributed by atoms with Crippen LogP contribution in [0.15, 0.2) is 41.0 Å². The Balaban J connectivity index is 2.02. The first-order valence-corrected chi connectivity index (χ1v) is 5.24. The van der Waals surface area contributed by atoms with E-state index in [1.165, 1.54) is 0 Å². The molecular formula is C13H15NO2. The van der Waals surface area contributed by atoms with Gasteiger partial charge in [-0.2, -0.15) is 0 Å². The van der Waals surface area contributed by atoms with Gasteiger partial charge in [-0.05, 0) is 42.3 Å². The Kier molecular flexibility index (Phi) is 3.27. The molecule has 2 rings (SSSR count). The number of aryl methyl sites for hydroxylation is 1. The van der Waals surface area contributed by atoms with E-state index < -0.39 is 0 Å². The first kappa shape index (κ1) is 10.8. The van der Waals surface area contributed by atoms with Gasteiger partial charge >= 0.3 is 0 Å². The molecule has 0 unspecified atom stereocenters. The molecule has 3 nitrogen and oxygen atoms in total. The zero-order chi connectivity index (χ0) is 11.4. The van der Waals surface area contributed by atoms with Crippen LogP contribution in [-0.4, -0.2) is 0 Å². The zero-order valence-electron chi connectivity index (χ0n) is 9.27. The number of hydrogen-bond acceptors (Lipinski definition) is 3. The summed E-state index contributed by atoms with van der Waals surface area (Å²) in [5, 5.41) is 0. The Morgan fingerprint density at radius 2 is 2.19 bits per heavy atom. The lowest BCUT2D eigenvalue weighted by Crippen LogP contribution is -2.00. The van der Waals surface area contributed by atoms with E-state index in [0.29, 0.717) is 13.2 Å². The minimum absolute atomic E-state index is 0.453. The Hall–Kier alpha value is -1.74. The van der Waals surface area contributed by atoms with Crippen LogP contribution in [0.2, 0.25) is 0 Å². The molecule has 16 heavy (non-hydrogen) atoms. The molecule has 0 aliphatic carbocycles. The lowest BCUT2D eigenvalue weighted by molar-refractivity contribution is 0.270. The van der Waals surface area contributed by atoms with Crippen molar-refractivity contribution in [3.8, 4) is 5.75 Å². The molecule has 0 saturated heterocycles. The first-order valence-electron chi connectivity index (χ1n) is 5.24. The molecule has 3 heteroatoms. The van der Waals surface area contributed by atoms with Crippen molar-refractivity contribution in [1.82, 2.24) is 0 Å². The maximum Gasteiger partial charge on any atom is 0.146 e. The van der Waals surface area contributed by atoms with Crippen molar-refractivity contribution < 1.29 is 9.15 Å². The summed E-state index contributed by atoms with van der Waals surface area (Å²) in [5.74, 6) is 1.66. The fourth-order valence-corrected chi connectivity index (χ4v) is 1.54. The number of nitrogens with two attached hydrogens (primary N) is 1. The fraction of sp³-hybridized carbons (Fsp3) is 0.231. The second kappa shape index (κ2) is 4.86. The minimum atomic E-state index is 0.453. The second-order valence-corrected chi connectivity index (χ2v) is 3.66. The van der Waals surface area contributed by atoms with E-state index in [1.807, 2.05) is 37.3 Å². The van der Waals surface area contributed by atoms with Gasteiger partial charge in [-0.15, -0.1) is 0 Å². The van der Waals surface area contributed by atoms with Crippen LogP contribution in [0.5, 0.6) is 5.75 Å². The van der Waals surface area contributed by atoms with Crippen LogP contribution >= 0.6 is 0 Å². The predicted molar refractivity (Wildman–Crippen MR) is 62.1 cm³/mol. The van der Waals surface area contributed by atoms with Crippen LogP contribution in [0.25, 0.3) is 0 Å². The fourth-order valence-electron chi connectivity index (χ4n) is 1.54. The maximum atomic E-state index is 5.60. The van der Waals surface area contributed by atoms with Crippen LogP contribution < -0.4 is 10.5 Å². The lowest BCUT2D eigenvalue weighted by atomic mass is 10.1. The predicted octanol–water partition coefficient (Wildman–Crippen LogP) is 2.63. The van der Waals surface area contributed by atoms with E-state index >= 15 is 0 Å². The molecule has 0 fully saturated rings. The monoisotopic (exact) mass is 217 g/mol. The Bertz CT molecular complexity index is 449. The number of rotatable bonds is 4. The van der Waals surface area contributed by atoms with Gasteiger partial charge in [0.2, 0.25) is 0 Å². The number of ether oxygens (including phenoxy) is 1. The number of benzene rings is 1. The molecule has 84 valence electrons. The van der Waals surface area contributed by atoms with Gasteiger partial charge in [-0.25, -0.2) is 0 Å². The van der Waals surface area contributed by atoms with E-state index in [9.17, 15) is 0 Å². The number of hydrogen-bond donors (Lipinski definition) is 1. The first-order chi connectivity index (χ1) is 7.79. The van der Waals surface area contributed by atoms with Crippen molar-refractivity contribution in [1.29, 1.82) is 0 Å². The summed E-state index contributed by atoms with van der Waals surface area (Å²) in [6, 6.07) is 9.65. The Morgan fingerprint density at radius 1 is 1.31 bits per heavy atom. The molecule has 0 amide bonds. The molecular weight excluding hydrogens is 202 g/mol. The normalized spacial score (nSPS) is 10.4. The molecule has 2 aromatic rings. The molecule has 1 aromatic heterocycles. The van der Waals surface area contributed by atoms with E-state index in [2.05, 4.69) is 0 Å². The third-order valence-corrected chi connectivity index (χ3v) is 2.50. The quantitative estimate of drug-likeness (QED) is 0.856. The van der Waals surface area contributed by atoms with Crippen molar-refractivity contribution in [2.45, 2.75) is 20.1 Å². The minimum Gasteiger partial charge on any atom is -0.486 e. The molecule has 0 aliphatic heterocycles. The van der Waals surface area contributed by atoms with Crippen LogP contribution in [0.4, 0.5) is 0 Å². The largest absolute Gasteiger partial charge is 0.486 e. The van der Waals surface area contributed by atoms with Crippen LogP contribution in [0.1, 0.15) is 16.9 Å². The highest BCUT2D eigenvalue weighted by Crippen LogP contribution is 2.18. The maximum absolute atomic E-state index is 5.60. The molecule has 2 N–H and O–H groups in total. The summed E-state index contributed by atoms with van der Waals surface area (Å²) in [6.45, 7) is 3.04. The van der Waals surface area contributed by atoms with Crippen LogP contribution in [0.3, 0.4) is 0 Å². The molecule has 0 bridgehead atoms. The summed E-state index contributed by atoms with van der Waals surface area (Å²) >= 11 is 0. The molecule has 0 spiro atoms. The SMILES string of the molecule is Cc1cc(OCc2ccco2)ccc1CN. The van der Waals surface area contributed by atoms with Crippen molar-refractivity contribution in [3.05, 3.63) is 53.5 Å². The Morgan fingerprint density at radius 3 is 2.81 bits per heavy atom. The summed E-state index contributed by atoms with van der Waals surface area (Å²) in [5.41, 5.74) is 7.89. The molecule has 1 heterocycles. The molecule has 0 radical (unpaired) electrons. The standard InChI is InChI=1S/C13H15NO2/c1-10-7-12(5-4-11(10)8-14)16-9-13-3-2-6-15-13/h2-7H,8-9,14H2,1H3. The van der Waals surface area contributed by atoms with Gasteiger partial charge in [0, 0.05) is 6.54 Å².